The van der Waals surface area contributed by atoms with Gasteiger partial charge < -0.3 is 20.3 Å². The summed E-state index contributed by atoms with van der Waals surface area (Å²) >= 11 is 1.61. The van der Waals surface area contributed by atoms with E-state index in [1.54, 1.807) is 18.3 Å². The number of nitrogens with one attached hydrogen (secondary N) is 2. The van der Waals surface area contributed by atoms with Crippen LogP contribution in [0.1, 0.15) is 13.3 Å². The minimum Gasteiger partial charge on any atom is -0.378 e. The van der Waals surface area contributed by atoms with Crippen LogP contribution < -0.4 is 15.5 Å². The average molecular weight is 348 g/mol. The summed E-state index contributed by atoms with van der Waals surface area (Å²) in [6, 6.07) is 5.64. The molecule has 0 radical (unpaired) electrons. The molecule has 7 nitrogen and oxygen atoms in total. The Bertz CT molecular complexity index is 740. The van der Waals surface area contributed by atoms with E-state index in [4.69, 9.17) is 4.74 Å². The Hall–Kier alpha value is -2.19. The first kappa shape index (κ1) is 16.7. The molecule has 3 rings (SSSR count). The number of carbonyl (C=O) groups excluding carboxylic acids is 2. The summed E-state index contributed by atoms with van der Waals surface area (Å²) in [4.78, 5) is 29.9. The van der Waals surface area contributed by atoms with Crippen molar-refractivity contribution in [3.8, 4) is 0 Å². The van der Waals surface area contributed by atoms with Gasteiger partial charge in [-0.1, -0.05) is 18.3 Å². The van der Waals surface area contributed by atoms with E-state index in [0.29, 0.717) is 12.1 Å². The molecule has 1 aromatic carbocycles. The second kappa shape index (κ2) is 7.59. The molecular weight excluding hydrogens is 328 g/mol. The van der Waals surface area contributed by atoms with Crippen molar-refractivity contribution in [2.24, 2.45) is 0 Å². The van der Waals surface area contributed by atoms with Crippen LogP contribution in [0.2, 0.25) is 0 Å². The summed E-state index contributed by atoms with van der Waals surface area (Å²) in [6.07, 6.45) is 0.365. The van der Waals surface area contributed by atoms with Gasteiger partial charge in [-0.25, -0.2) is 4.98 Å². The number of amides is 2. The fraction of sp³-hybridized carbons (Fsp3) is 0.438. The predicted molar refractivity (Wildman–Crippen MR) is 94.6 cm³/mol. The summed E-state index contributed by atoms with van der Waals surface area (Å²) in [5.74, 6) is -0.382. The van der Waals surface area contributed by atoms with Crippen molar-refractivity contribution in [1.82, 2.24) is 10.3 Å². The molecule has 2 heterocycles. The fourth-order valence-corrected chi connectivity index (χ4v) is 3.45. The lowest BCUT2D eigenvalue weighted by Crippen LogP contribution is -2.36. The number of fused-ring (bicyclic) bond motifs is 1. The zero-order valence-electron chi connectivity index (χ0n) is 13.5. The average Bonchev–Trinajstić information content (AvgIpc) is 3.03. The zero-order valence-corrected chi connectivity index (χ0v) is 14.3. The molecule has 1 aliphatic rings. The van der Waals surface area contributed by atoms with E-state index < -0.39 is 0 Å². The van der Waals surface area contributed by atoms with Crippen molar-refractivity contribution in [2.75, 3.05) is 43.1 Å². The molecule has 0 bridgehead atoms. The van der Waals surface area contributed by atoms with E-state index >= 15 is 0 Å². The van der Waals surface area contributed by atoms with Gasteiger partial charge in [-0.3, -0.25) is 9.59 Å². The van der Waals surface area contributed by atoms with Crippen LogP contribution in [-0.4, -0.2) is 49.6 Å². The van der Waals surface area contributed by atoms with Crippen LogP contribution in [0.4, 0.5) is 10.8 Å². The Kier molecular flexibility index (Phi) is 5.27. The minimum absolute atomic E-state index is 0.0214. The number of nitrogens with zero attached hydrogens (tertiary/aromatic N) is 2. The molecule has 0 spiro atoms. The number of hydrogen-bond donors (Lipinski definition) is 2. The summed E-state index contributed by atoms with van der Waals surface area (Å²) < 4.78 is 6.38. The zero-order chi connectivity index (χ0) is 16.9. The molecule has 0 aliphatic carbocycles. The third-order valence-electron chi connectivity index (χ3n) is 3.71. The van der Waals surface area contributed by atoms with Gasteiger partial charge >= 0.3 is 0 Å². The summed E-state index contributed by atoms with van der Waals surface area (Å²) in [6.45, 7) is 4.87. The molecule has 2 aromatic rings. The third kappa shape index (κ3) is 4.01. The largest absolute Gasteiger partial charge is 0.378 e. The fourth-order valence-electron chi connectivity index (χ4n) is 2.39. The van der Waals surface area contributed by atoms with Gasteiger partial charge in [0.05, 0.1) is 30.0 Å². The molecule has 2 N–H and O–H groups in total. The second-order valence-corrected chi connectivity index (χ2v) is 6.47. The molecular formula is C16H20N4O3S. The van der Waals surface area contributed by atoms with E-state index in [0.717, 1.165) is 41.7 Å². The maximum atomic E-state index is 11.9. The molecule has 0 atom stereocenters. The summed E-state index contributed by atoms with van der Waals surface area (Å²) in [5.41, 5.74) is 1.62. The number of anilines is 2. The first-order valence-corrected chi connectivity index (χ1v) is 8.77. The smallest absolute Gasteiger partial charge is 0.243 e. The lowest BCUT2D eigenvalue weighted by atomic mass is 10.3. The normalized spacial score (nSPS) is 14.6. The van der Waals surface area contributed by atoms with Crippen molar-refractivity contribution in [1.29, 1.82) is 0 Å². The highest BCUT2D eigenvalue weighted by atomic mass is 32.1. The number of thiazole rings is 1. The monoisotopic (exact) mass is 348 g/mol. The van der Waals surface area contributed by atoms with Gasteiger partial charge in [-0.15, -0.1) is 0 Å². The Morgan fingerprint density at radius 1 is 1.29 bits per heavy atom. The van der Waals surface area contributed by atoms with E-state index in [2.05, 4.69) is 20.5 Å². The van der Waals surface area contributed by atoms with Crippen molar-refractivity contribution in [2.45, 2.75) is 13.3 Å². The van der Waals surface area contributed by atoms with Crippen LogP contribution in [-0.2, 0) is 14.3 Å². The van der Waals surface area contributed by atoms with Crippen LogP contribution in [0.25, 0.3) is 10.2 Å². The highest BCUT2D eigenvalue weighted by Gasteiger charge is 2.15. The Labute approximate surface area is 144 Å². The number of rotatable bonds is 5. The Balaban J connectivity index is 1.67. The lowest BCUT2D eigenvalue weighted by Gasteiger charge is -2.25. The molecule has 8 heteroatoms. The van der Waals surface area contributed by atoms with Crippen LogP contribution in [0.5, 0.6) is 0 Å². The van der Waals surface area contributed by atoms with E-state index in [-0.39, 0.29) is 18.4 Å². The molecule has 1 aliphatic heterocycles. The quantitative estimate of drug-likeness (QED) is 0.857. The van der Waals surface area contributed by atoms with Gasteiger partial charge in [0.1, 0.15) is 0 Å². The molecule has 1 fully saturated rings. The SMILES string of the molecule is CCC(=O)NCC(=O)Nc1ccc2nc(N3CCOCC3)sc2c1. The standard InChI is InChI=1S/C16H20N4O3S/c1-2-14(21)17-10-15(22)18-11-3-4-12-13(9-11)24-16(19-12)20-5-7-23-8-6-20/h3-4,9H,2,5-8,10H2,1H3,(H,17,21)(H,18,22). The molecule has 0 unspecified atom stereocenters. The minimum atomic E-state index is -0.242. The van der Waals surface area contributed by atoms with E-state index in [1.807, 2.05) is 18.2 Å². The highest BCUT2D eigenvalue weighted by molar-refractivity contribution is 7.22. The molecule has 128 valence electrons. The summed E-state index contributed by atoms with van der Waals surface area (Å²) in [7, 11) is 0. The van der Waals surface area contributed by atoms with Crippen LogP contribution >= 0.6 is 11.3 Å². The second-order valence-electron chi connectivity index (χ2n) is 5.46. The lowest BCUT2D eigenvalue weighted by molar-refractivity contribution is -0.123. The van der Waals surface area contributed by atoms with E-state index in [9.17, 15) is 9.59 Å². The molecule has 24 heavy (non-hydrogen) atoms. The maximum Gasteiger partial charge on any atom is 0.243 e. The molecule has 1 saturated heterocycles. The molecule has 0 saturated carbocycles. The van der Waals surface area contributed by atoms with Gasteiger partial charge in [0.15, 0.2) is 5.13 Å². The Morgan fingerprint density at radius 3 is 2.83 bits per heavy atom. The number of carbonyl (C=O) groups is 2. The first-order valence-electron chi connectivity index (χ1n) is 7.95. The first-order chi connectivity index (χ1) is 11.7. The van der Waals surface area contributed by atoms with Gasteiger partial charge in [0.2, 0.25) is 11.8 Å². The van der Waals surface area contributed by atoms with Gasteiger partial charge in [-0.05, 0) is 18.2 Å². The van der Waals surface area contributed by atoms with Crippen molar-refractivity contribution in [3.63, 3.8) is 0 Å². The van der Waals surface area contributed by atoms with Gasteiger partial charge in [0.25, 0.3) is 0 Å². The highest BCUT2D eigenvalue weighted by Crippen LogP contribution is 2.31. The van der Waals surface area contributed by atoms with Crippen molar-refractivity contribution in [3.05, 3.63) is 18.2 Å². The number of benzene rings is 1. The number of ether oxygens (including phenoxy) is 1. The third-order valence-corrected chi connectivity index (χ3v) is 4.79. The van der Waals surface area contributed by atoms with Crippen molar-refractivity contribution < 1.29 is 14.3 Å². The number of hydrogen-bond acceptors (Lipinski definition) is 6. The van der Waals surface area contributed by atoms with Gasteiger partial charge in [-0.2, -0.15) is 0 Å². The summed E-state index contributed by atoms with van der Waals surface area (Å²) in [5, 5.41) is 6.33. The van der Waals surface area contributed by atoms with Crippen LogP contribution in [0.15, 0.2) is 18.2 Å². The topological polar surface area (TPSA) is 83.6 Å². The molecule has 1 aromatic heterocycles. The van der Waals surface area contributed by atoms with Gasteiger partial charge in [0, 0.05) is 25.2 Å². The van der Waals surface area contributed by atoms with E-state index in [1.165, 1.54) is 0 Å². The van der Waals surface area contributed by atoms with Crippen molar-refractivity contribution >= 4 is 44.2 Å². The molecule has 2 amide bonds. The maximum absolute atomic E-state index is 11.9. The van der Waals surface area contributed by atoms with Crippen LogP contribution in [0, 0.1) is 0 Å². The number of morpholine rings is 1. The Morgan fingerprint density at radius 2 is 2.08 bits per heavy atom. The predicted octanol–water partition coefficient (Wildman–Crippen LogP) is 1.60. The number of aromatic nitrogens is 1. The van der Waals surface area contributed by atoms with Crippen LogP contribution in [0.3, 0.4) is 0 Å².